The van der Waals surface area contributed by atoms with Crippen molar-refractivity contribution < 1.29 is 14.3 Å². The number of methoxy groups -OCH3 is 1. The third-order valence-electron chi connectivity index (χ3n) is 5.44. The number of benzene rings is 2. The van der Waals surface area contributed by atoms with Crippen LogP contribution in [0.1, 0.15) is 5.56 Å². The minimum absolute atomic E-state index is 0.0211. The summed E-state index contributed by atoms with van der Waals surface area (Å²) in [5, 5.41) is 8.30. The van der Waals surface area contributed by atoms with Gasteiger partial charge in [-0.15, -0.1) is 0 Å². The van der Waals surface area contributed by atoms with E-state index in [1.165, 1.54) is 5.56 Å². The third-order valence-corrected chi connectivity index (χ3v) is 5.44. The highest BCUT2D eigenvalue weighted by Crippen LogP contribution is 2.23. The quantitative estimate of drug-likeness (QED) is 0.737. The van der Waals surface area contributed by atoms with Crippen molar-refractivity contribution in [1.82, 2.24) is 15.1 Å². The fraction of sp³-hybridized carbons (Fsp3) is 0.364. The smallest absolute Gasteiger partial charge is 0.324 e. The summed E-state index contributed by atoms with van der Waals surface area (Å²) in [6.45, 7) is 2.44. The van der Waals surface area contributed by atoms with Crippen molar-refractivity contribution in [2.75, 3.05) is 45.4 Å². The van der Waals surface area contributed by atoms with E-state index in [1.807, 2.05) is 47.5 Å². The van der Waals surface area contributed by atoms with Crippen molar-refractivity contribution in [1.29, 1.82) is 0 Å². The Morgan fingerprint density at radius 2 is 2.14 bits per heavy atom. The summed E-state index contributed by atoms with van der Waals surface area (Å²) in [6, 6.07) is 13.7. The largest absolute Gasteiger partial charge is 0.497 e. The van der Waals surface area contributed by atoms with E-state index in [4.69, 9.17) is 9.47 Å². The molecule has 1 aliphatic heterocycles. The molecule has 1 N–H and O–H groups in total. The van der Waals surface area contributed by atoms with Crippen LogP contribution < -0.4 is 9.64 Å². The van der Waals surface area contributed by atoms with Gasteiger partial charge < -0.3 is 14.4 Å². The number of carbonyl (C=O) groups is 1. The molecule has 3 aromatic rings. The van der Waals surface area contributed by atoms with E-state index >= 15 is 0 Å². The number of aromatic nitrogens is 2. The highest BCUT2D eigenvalue weighted by atomic mass is 16.5. The molecule has 2 amide bonds. The molecule has 152 valence electrons. The first-order valence-electron chi connectivity index (χ1n) is 9.81. The predicted octanol–water partition coefficient (Wildman–Crippen LogP) is 3.32. The van der Waals surface area contributed by atoms with E-state index in [1.54, 1.807) is 19.1 Å². The van der Waals surface area contributed by atoms with E-state index in [2.05, 4.69) is 16.3 Å². The van der Waals surface area contributed by atoms with Gasteiger partial charge in [0.15, 0.2) is 0 Å². The number of amides is 2. The standard InChI is InChI=1S/C22H26N4O3/c1-25(18-6-8-19(28-2)9-7-18)22(27)26-10-11-29-15-16(14-26)12-17-4-3-5-21-20(17)13-23-24-21/h3-9,13,16H,10-12,14-15H2,1-2H3,(H,23,24). The number of fused-ring (bicyclic) bond motifs is 1. The SMILES string of the molecule is COc1ccc(N(C)C(=O)N2CCOCC(Cc3cccc4[nH]ncc34)C2)cc1. The molecular weight excluding hydrogens is 368 g/mol. The van der Waals surface area contributed by atoms with Crippen LogP contribution in [-0.2, 0) is 11.2 Å². The molecule has 7 heteroatoms. The van der Waals surface area contributed by atoms with Gasteiger partial charge in [-0.25, -0.2) is 4.79 Å². The zero-order valence-electron chi connectivity index (χ0n) is 16.8. The number of carbonyl (C=O) groups excluding carboxylic acids is 1. The monoisotopic (exact) mass is 394 g/mol. The summed E-state index contributed by atoms with van der Waals surface area (Å²) in [5.41, 5.74) is 3.09. The normalized spacial score (nSPS) is 17.2. The minimum atomic E-state index is -0.0211. The summed E-state index contributed by atoms with van der Waals surface area (Å²) < 4.78 is 11.0. The Morgan fingerprint density at radius 3 is 2.93 bits per heavy atom. The van der Waals surface area contributed by atoms with Crippen LogP contribution in [0.3, 0.4) is 0 Å². The van der Waals surface area contributed by atoms with Crippen LogP contribution in [0.2, 0.25) is 0 Å². The molecule has 29 heavy (non-hydrogen) atoms. The number of aromatic amines is 1. The second-order valence-corrected chi connectivity index (χ2v) is 7.38. The molecule has 1 aromatic heterocycles. The molecule has 0 spiro atoms. The molecular formula is C22H26N4O3. The Bertz CT molecular complexity index is 970. The molecule has 7 nitrogen and oxygen atoms in total. The Kier molecular flexibility index (Phi) is 5.67. The average Bonchev–Trinajstić information content (AvgIpc) is 3.13. The number of nitrogens with zero attached hydrogens (tertiary/aromatic N) is 3. The van der Waals surface area contributed by atoms with Crippen molar-refractivity contribution in [2.24, 2.45) is 5.92 Å². The first-order chi connectivity index (χ1) is 14.2. The maximum absolute atomic E-state index is 13.1. The number of rotatable bonds is 4. The molecule has 1 aliphatic rings. The minimum Gasteiger partial charge on any atom is -0.497 e. The summed E-state index contributed by atoms with van der Waals surface area (Å²) in [6.07, 6.45) is 2.70. The predicted molar refractivity (Wildman–Crippen MR) is 112 cm³/mol. The summed E-state index contributed by atoms with van der Waals surface area (Å²) in [4.78, 5) is 16.7. The molecule has 0 radical (unpaired) electrons. The van der Waals surface area contributed by atoms with Crippen LogP contribution in [-0.4, -0.2) is 61.6 Å². The van der Waals surface area contributed by atoms with Crippen molar-refractivity contribution in [3.8, 4) is 5.75 Å². The maximum Gasteiger partial charge on any atom is 0.324 e. The van der Waals surface area contributed by atoms with E-state index in [-0.39, 0.29) is 11.9 Å². The zero-order valence-corrected chi connectivity index (χ0v) is 16.8. The summed E-state index contributed by atoms with van der Waals surface area (Å²) in [7, 11) is 3.43. The Morgan fingerprint density at radius 1 is 1.31 bits per heavy atom. The van der Waals surface area contributed by atoms with E-state index in [0.717, 1.165) is 28.8 Å². The van der Waals surface area contributed by atoms with Gasteiger partial charge in [0.25, 0.3) is 0 Å². The lowest BCUT2D eigenvalue weighted by Crippen LogP contribution is -2.44. The van der Waals surface area contributed by atoms with Gasteiger partial charge in [0.05, 0.1) is 32.0 Å². The number of ether oxygens (including phenoxy) is 2. The van der Waals surface area contributed by atoms with Crippen molar-refractivity contribution in [3.05, 3.63) is 54.2 Å². The number of H-pyrrole nitrogens is 1. The Balaban J connectivity index is 1.47. The molecule has 2 aromatic carbocycles. The van der Waals surface area contributed by atoms with Crippen molar-refractivity contribution in [3.63, 3.8) is 0 Å². The second kappa shape index (κ2) is 8.53. The van der Waals surface area contributed by atoms with Gasteiger partial charge in [-0.05, 0) is 42.3 Å². The molecule has 1 fully saturated rings. The highest BCUT2D eigenvalue weighted by Gasteiger charge is 2.26. The van der Waals surface area contributed by atoms with E-state index in [9.17, 15) is 4.79 Å². The van der Waals surface area contributed by atoms with Gasteiger partial charge >= 0.3 is 6.03 Å². The Labute approximate surface area is 170 Å². The fourth-order valence-corrected chi connectivity index (χ4v) is 3.82. The zero-order chi connectivity index (χ0) is 20.2. The molecule has 1 unspecified atom stereocenters. The molecule has 0 bridgehead atoms. The van der Waals surface area contributed by atoms with Crippen LogP contribution in [0, 0.1) is 5.92 Å². The molecule has 2 heterocycles. The summed E-state index contributed by atoms with van der Waals surface area (Å²) in [5.74, 6) is 0.998. The first-order valence-corrected chi connectivity index (χ1v) is 9.81. The molecule has 1 saturated heterocycles. The van der Waals surface area contributed by atoms with E-state index in [0.29, 0.717) is 26.3 Å². The lowest BCUT2D eigenvalue weighted by Gasteiger charge is -2.29. The number of hydrogen-bond donors (Lipinski definition) is 1. The fourth-order valence-electron chi connectivity index (χ4n) is 3.82. The van der Waals surface area contributed by atoms with Gasteiger partial charge in [0.2, 0.25) is 0 Å². The molecule has 0 aliphatic carbocycles. The molecule has 1 atom stereocenters. The van der Waals surface area contributed by atoms with Gasteiger partial charge in [-0.2, -0.15) is 5.10 Å². The highest BCUT2D eigenvalue weighted by molar-refractivity contribution is 5.91. The topological polar surface area (TPSA) is 70.7 Å². The number of hydrogen-bond acceptors (Lipinski definition) is 4. The lowest BCUT2D eigenvalue weighted by atomic mass is 9.97. The van der Waals surface area contributed by atoms with Crippen LogP contribution in [0.25, 0.3) is 10.9 Å². The summed E-state index contributed by atoms with van der Waals surface area (Å²) >= 11 is 0. The first kappa shape index (κ1) is 19.3. The second-order valence-electron chi connectivity index (χ2n) is 7.38. The third kappa shape index (κ3) is 4.19. The number of nitrogens with one attached hydrogen (secondary N) is 1. The van der Waals surface area contributed by atoms with E-state index < -0.39 is 0 Å². The Hall–Kier alpha value is -3.06. The maximum atomic E-state index is 13.1. The molecule has 4 rings (SSSR count). The average molecular weight is 394 g/mol. The van der Waals surface area contributed by atoms with Crippen LogP contribution >= 0.6 is 0 Å². The van der Waals surface area contributed by atoms with Gasteiger partial charge in [-0.1, -0.05) is 12.1 Å². The van der Waals surface area contributed by atoms with Gasteiger partial charge in [0.1, 0.15) is 5.75 Å². The number of anilines is 1. The van der Waals surface area contributed by atoms with Crippen LogP contribution in [0.4, 0.5) is 10.5 Å². The number of urea groups is 1. The van der Waals surface area contributed by atoms with Crippen LogP contribution in [0.5, 0.6) is 5.75 Å². The van der Waals surface area contributed by atoms with Crippen molar-refractivity contribution >= 4 is 22.6 Å². The lowest BCUT2D eigenvalue weighted by molar-refractivity contribution is 0.122. The molecule has 0 saturated carbocycles. The van der Waals surface area contributed by atoms with Gasteiger partial charge in [-0.3, -0.25) is 10.00 Å². The van der Waals surface area contributed by atoms with Crippen molar-refractivity contribution in [2.45, 2.75) is 6.42 Å². The van der Waals surface area contributed by atoms with Gasteiger partial charge in [0, 0.05) is 37.1 Å². The van der Waals surface area contributed by atoms with Crippen LogP contribution in [0.15, 0.2) is 48.7 Å².